The molecule has 0 aromatic heterocycles. The maximum Gasteiger partial charge on any atom is 0.336 e. The SMILES string of the molecule is Cc1cc(-c2ccccc2C(=O)O)ccc1S(N)(=O)=O. The van der Waals surface area contributed by atoms with E-state index in [0.29, 0.717) is 16.7 Å². The Morgan fingerprint density at radius 3 is 2.35 bits per heavy atom. The number of sulfonamides is 1. The second-order valence-corrected chi connectivity index (χ2v) is 5.91. The van der Waals surface area contributed by atoms with E-state index in [0.717, 1.165) is 0 Å². The van der Waals surface area contributed by atoms with E-state index in [4.69, 9.17) is 10.2 Å². The molecule has 0 fully saturated rings. The van der Waals surface area contributed by atoms with Gasteiger partial charge in [-0.05, 0) is 35.7 Å². The number of aryl methyl sites for hydroxylation is 1. The van der Waals surface area contributed by atoms with E-state index in [-0.39, 0.29) is 10.5 Å². The average Bonchev–Trinajstić information content (AvgIpc) is 2.37. The van der Waals surface area contributed by atoms with Crippen LogP contribution in [0.2, 0.25) is 0 Å². The Morgan fingerprint density at radius 2 is 1.80 bits per heavy atom. The summed E-state index contributed by atoms with van der Waals surface area (Å²) in [5.74, 6) is -1.03. The highest BCUT2D eigenvalue weighted by molar-refractivity contribution is 7.89. The van der Waals surface area contributed by atoms with E-state index in [1.807, 2.05) is 0 Å². The van der Waals surface area contributed by atoms with Crippen LogP contribution in [0.15, 0.2) is 47.4 Å². The maximum atomic E-state index is 11.4. The third kappa shape index (κ3) is 2.71. The minimum Gasteiger partial charge on any atom is -0.478 e. The van der Waals surface area contributed by atoms with Gasteiger partial charge in [-0.3, -0.25) is 0 Å². The molecule has 3 N–H and O–H groups in total. The van der Waals surface area contributed by atoms with Crippen LogP contribution in [0, 0.1) is 6.92 Å². The van der Waals surface area contributed by atoms with Crippen molar-refractivity contribution < 1.29 is 18.3 Å². The molecule has 0 atom stereocenters. The van der Waals surface area contributed by atoms with Gasteiger partial charge >= 0.3 is 5.97 Å². The molecule has 0 aliphatic carbocycles. The van der Waals surface area contributed by atoms with Crippen molar-refractivity contribution in [2.45, 2.75) is 11.8 Å². The summed E-state index contributed by atoms with van der Waals surface area (Å²) < 4.78 is 22.7. The van der Waals surface area contributed by atoms with Gasteiger partial charge in [0, 0.05) is 0 Å². The Morgan fingerprint density at radius 1 is 1.15 bits per heavy atom. The molecule has 6 heteroatoms. The van der Waals surface area contributed by atoms with Crippen molar-refractivity contribution in [3.8, 4) is 11.1 Å². The predicted molar refractivity (Wildman–Crippen MR) is 74.9 cm³/mol. The molecule has 2 aromatic rings. The summed E-state index contributed by atoms with van der Waals surface area (Å²) in [5.41, 5.74) is 1.80. The lowest BCUT2D eigenvalue weighted by Gasteiger charge is -2.09. The molecule has 0 spiro atoms. The van der Waals surface area contributed by atoms with Crippen LogP contribution in [0.25, 0.3) is 11.1 Å². The summed E-state index contributed by atoms with van der Waals surface area (Å²) in [5, 5.41) is 14.3. The predicted octanol–water partition coefficient (Wildman–Crippen LogP) is 2.01. The molecule has 0 unspecified atom stereocenters. The highest BCUT2D eigenvalue weighted by atomic mass is 32.2. The van der Waals surface area contributed by atoms with Gasteiger partial charge < -0.3 is 5.11 Å². The van der Waals surface area contributed by atoms with E-state index in [1.54, 1.807) is 37.3 Å². The summed E-state index contributed by atoms with van der Waals surface area (Å²) >= 11 is 0. The van der Waals surface area contributed by atoms with Crippen molar-refractivity contribution in [3.05, 3.63) is 53.6 Å². The number of carboxylic acids is 1. The van der Waals surface area contributed by atoms with Crippen molar-refractivity contribution in [1.29, 1.82) is 0 Å². The van der Waals surface area contributed by atoms with Crippen LogP contribution in [0.4, 0.5) is 0 Å². The monoisotopic (exact) mass is 291 g/mol. The number of rotatable bonds is 3. The third-order valence-corrected chi connectivity index (χ3v) is 4.02. The molecule has 0 aliphatic rings. The van der Waals surface area contributed by atoms with Crippen LogP contribution in [-0.2, 0) is 10.0 Å². The van der Waals surface area contributed by atoms with Crippen LogP contribution in [0.5, 0.6) is 0 Å². The molecule has 0 saturated heterocycles. The molecule has 2 rings (SSSR count). The standard InChI is InChI=1S/C14H13NO4S/c1-9-8-10(6-7-13(9)20(15,18)19)11-4-2-3-5-12(11)14(16)17/h2-8H,1H3,(H,16,17)(H2,15,18,19). The van der Waals surface area contributed by atoms with Crippen LogP contribution >= 0.6 is 0 Å². The number of primary sulfonamides is 1. The minimum atomic E-state index is -3.78. The smallest absolute Gasteiger partial charge is 0.336 e. The lowest BCUT2D eigenvalue weighted by Crippen LogP contribution is -2.13. The maximum absolute atomic E-state index is 11.4. The van der Waals surface area contributed by atoms with E-state index >= 15 is 0 Å². The Labute approximate surface area is 116 Å². The molecule has 0 bridgehead atoms. The van der Waals surface area contributed by atoms with Crippen molar-refractivity contribution in [2.24, 2.45) is 5.14 Å². The summed E-state index contributed by atoms with van der Waals surface area (Å²) in [4.78, 5) is 11.2. The van der Waals surface area contributed by atoms with Crippen LogP contribution in [0.1, 0.15) is 15.9 Å². The zero-order valence-electron chi connectivity index (χ0n) is 10.7. The van der Waals surface area contributed by atoms with Crippen LogP contribution < -0.4 is 5.14 Å². The molecule has 0 saturated carbocycles. The molecular weight excluding hydrogens is 278 g/mol. The quantitative estimate of drug-likeness (QED) is 0.903. The van der Waals surface area contributed by atoms with Crippen LogP contribution in [-0.4, -0.2) is 19.5 Å². The van der Waals surface area contributed by atoms with E-state index < -0.39 is 16.0 Å². The lowest BCUT2D eigenvalue weighted by molar-refractivity contribution is 0.0697. The fourth-order valence-electron chi connectivity index (χ4n) is 2.06. The fourth-order valence-corrected chi connectivity index (χ4v) is 2.82. The van der Waals surface area contributed by atoms with Crippen molar-refractivity contribution in [3.63, 3.8) is 0 Å². The van der Waals surface area contributed by atoms with Crippen molar-refractivity contribution >= 4 is 16.0 Å². The van der Waals surface area contributed by atoms with Gasteiger partial charge in [-0.15, -0.1) is 0 Å². The van der Waals surface area contributed by atoms with Gasteiger partial charge in [0.15, 0.2) is 0 Å². The van der Waals surface area contributed by atoms with Crippen molar-refractivity contribution in [1.82, 2.24) is 0 Å². The number of carbonyl (C=O) groups is 1. The zero-order valence-corrected chi connectivity index (χ0v) is 11.5. The van der Waals surface area contributed by atoms with Gasteiger partial charge in [0.05, 0.1) is 10.5 Å². The molecule has 104 valence electrons. The molecule has 0 heterocycles. The highest BCUT2D eigenvalue weighted by Crippen LogP contribution is 2.27. The summed E-state index contributed by atoms with van der Waals surface area (Å²) in [6.45, 7) is 1.62. The second kappa shape index (κ2) is 5.07. The minimum absolute atomic E-state index is 0.0362. The molecule has 5 nitrogen and oxygen atoms in total. The van der Waals surface area contributed by atoms with Gasteiger partial charge in [0.1, 0.15) is 0 Å². The van der Waals surface area contributed by atoms with Crippen LogP contribution in [0.3, 0.4) is 0 Å². The summed E-state index contributed by atoms with van der Waals surface area (Å²) in [6, 6.07) is 11.1. The summed E-state index contributed by atoms with van der Waals surface area (Å²) in [7, 11) is -3.78. The first-order valence-corrected chi connectivity index (χ1v) is 7.31. The molecular formula is C14H13NO4S. The van der Waals surface area contributed by atoms with Gasteiger partial charge in [0.2, 0.25) is 10.0 Å². The van der Waals surface area contributed by atoms with E-state index in [2.05, 4.69) is 0 Å². The Balaban J connectivity index is 2.62. The van der Waals surface area contributed by atoms with E-state index in [9.17, 15) is 13.2 Å². The highest BCUT2D eigenvalue weighted by Gasteiger charge is 2.15. The Bertz CT molecular complexity index is 782. The first-order chi connectivity index (χ1) is 9.30. The van der Waals surface area contributed by atoms with E-state index in [1.165, 1.54) is 12.1 Å². The van der Waals surface area contributed by atoms with Gasteiger partial charge in [-0.2, -0.15) is 0 Å². The van der Waals surface area contributed by atoms with Gasteiger partial charge in [0.25, 0.3) is 0 Å². The molecule has 0 aliphatic heterocycles. The molecule has 20 heavy (non-hydrogen) atoms. The largest absolute Gasteiger partial charge is 0.478 e. The molecule has 0 amide bonds. The fraction of sp³-hybridized carbons (Fsp3) is 0.0714. The second-order valence-electron chi connectivity index (χ2n) is 4.38. The number of hydrogen-bond acceptors (Lipinski definition) is 3. The normalized spacial score (nSPS) is 11.3. The Hall–Kier alpha value is -2.18. The third-order valence-electron chi connectivity index (χ3n) is 2.95. The first-order valence-electron chi connectivity index (χ1n) is 5.77. The number of aromatic carboxylic acids is 1. The number of carboxylic acid groups (broad SMARTS) is 1. The summed E-state index contributed by atoms with van der Waals surface area (Å²) in [6.07, 6.45) is 0. The number of hydrogen-bond donors (Lipinski definition) is 2. The molecule has 0 radical (unpaired) electrons. The topological polar surface area (TPSA) is 97.5 Å². The zero-order chi connectivity index (χ0) is 14.9. The first kappa shape index (κ1) is 14.2. The number of nitrogens with two attached hydrogens (primary N) is 1. The van der Waals surface area contributed by atoms with Gasteiger partial charge in [-0.1, -0.05) is 30.3 Å². The van der Waals surface area contributed by atoms with Crippen molar-refractivity contribution in [2.75, 3.05) is 0 Å². The number of benzene rings is 2. The Kier molecular flexibility index (Phi) is 3.61. The van der Waals surface area contributed by atoms with Gasteiger partial charge in [-0.25, -0.2) is 18.4 Å². The average molecular weight is 291 g/mol. The lowest BCUT2D eigenvalue weighted by atomic mass is 9.98. The molecule has 2 aromatic carbocycles.